The molecule has 1 saturated carbocycles. The van der Waals surface area contributed by atoms with Crippen LogP contribution in [0.3, 0.4) is 0 Å². The van der Waals surface area contributed by atoms with Crippen LogP contribution in [0, 0.1) is 19.8 Å². The van der Waals surface area contributed by atoms with Crippen LogP contribution in [0.1, 0.15) is 59.3 Å². The third-order valence-electron chi connectivity index (χ3n) is 6.52. The first-order valence-corrected chi connectivity index (χ1v) is 10.6. The Morgan fingerprint density at radius 2 is 2.07 bits per heavy atom. The van der Waals surface area contributed by atoms with Crippen molar-refractivity contribution in [1.82, 2.24) is 15.4 Å². The summed E-state index contributed by atoms with van der Waals surface area (Å²) < 4.78 is 5.01. The Hall–Kier alpha value is -2.63. The third kappa shape index (κ3) is 3.80. The van der Waals surface area contributed by atoms with Crippen LogP contribution >= 0.6 is 0 Å². The number of carbonyl (C=O) groups excluding carboxylic acids is 2. The molecule has 2 fully saturated rings. The van der Waals surface area contributed by atoms with Crippen molar-refractivity contribution in [1.29, 1.82) is 0 Å². The SMILES string of the molecule is Cc1cccc(C2(C(=O)N3CC[C@@H](CNC(=O)c4oncc4C)C3)CCCC2)c1. The highest BCUT2D eigenvalue weighted by molar-refractivity contribution is 5.92. The lowest BCUT2D eigenvalue weighted by Gasteiger charge is -2.33. The van der Waals surface area contributed by atoms with Crippen molar-refractivity contribution >= 4 is 11.8 Å². The second-order valence-electron chi connectivity index (χ2n) is 8.61. The summed E-state index contributed by atoms with van der Waals surface area (Å²) in [5, 5.41) is 6.59. The molecule has 1 aromatic heterocycles. The minimum Gasteiger partial charge on any atom is -0.351 e. The zero-order valence-electron chi connectivity index (χ0n) is 17.2. The number of hydrogen-bond donors (Lipinski definition) is 1. The van der Waals surface area contributed by atoms with Crippen LogP contribution in [0.15, 0.2) is 35.0 Å². The molecule has 1 aliphatic carbocycles. The van der Waals surface area contributed by atoms with Crippen molar-refractivity contribution in [2.75, 3.05) is 19.6 Å². The van der Waals surface area contributed by atoms with Gasteiger partial charge in [0.2, 0.25) is 11.7 Å². The average molecular weight is 396 g/mol. The predicted octanol–water partition coefficient (Wildman–Crippen LogP) is 3.38. The monoisotopic (exact) mass is 395 g/mol. The van der Waals surface area contributed by atoms with E-state index >= 15 is 0 Å². The molecule has 0 radical (unpaired) electrons. The predicted molar refractivity (Wildman–Crippen MR) is 110 cm³/mol. The fourth-order valence-corrected chi connectivity index (χ4v) is 4.86. The van der Waals surface area contributed by atoms with Crippen molar-refractivity contribution in [3.05, 3.63) is 52.9 Å². The molecule has 2 aromatic rings. The maximum absolute atomic E-state index is 13.6. The van der Waals surface area contributed by atoms with E-state index in [0.29, 0.717) is 13.1 Å². The van der Waals surface area contributed by atoms with E-state index in [1.807, 2.05) is 4.90 Å². The molecule has 1 atom stereocenters. The number of carbonyl (C=O) groups is 2. The number of hydrogen-bond acceptors (Lipinski definition) is 4. The van der Waals surface area contributed by atoms with Crippen LogP contribution in [0.25, 0.3) is 0 Å². The summed E-state index contributed by atoms with van der Waals surface area (Å²) >= 11 is 0. The highest BCUT2D eigenvalue weighted by atomic mass is 16.5. The van der Waals surface area contributed by atoms with Crippen molar-refractivity contribution in [3.8, 4) is 0 Å². The lowest BCUT2D eigenvalue weighted by molar-refractivity contribution is -0.136. The number of aryl methyl sites for hydroxylation is 2. The molecule has 2 aliphatic rings. The molecule has 1 saturated heterocycles. The Kier molecular flexibility index (Phi) is 5.43. The van der Waals surface area contributed by atoms with Gasteiger partial charge in [0.25, 0.3) is 5.91 Å². The maximum atomic E-state index is 13.6. The molecule has 2 amide bonds. The number of likely N-dealkylation sites (tertiary alicyclic amines) is 1. The van der Waals surface area contributed by atoms with Crippen LogP contribution in [-0.2, 0) is 10.2 Å². The Labute approximate surface area is 171 Å². The number of rotatable bonds is 5. The molecule has 1 aliphatic heterocycles. The van der Waals surface area contributed by atoms with E-state index in [2.05, 4.69) is 41.7 Å². The summed E-state index contributed by atoms with van der Waals surface area (Å²) in [6, 6.07) is 8.44. The number of benzene rings is 1. The molecule has 1 N–H and O–H groups in total. The minimum atomic E-state index is -0.374. The standard InChI is InChI=1S/C23H29N3O3/c1-16-6-5-7-19(12-16)23(9-3-4-10-23)22(28)26-11-8-18(15-26)14-24-21(27)20-17(2)13-25-29-20/h5-7,12-13,18H,3-4,8-11,14-15H2,1-2H3,(H,24,27)/t18-/m0/s1. The van der Waals surface area contributed by atoms with Gasteiger partial charge in [-0.15, -0.1) is 0 Å². The highest BCUT2D eigenvalue weighted by Gasteiger charge is 2.46. The Morgan fingerprint density at radius 1 is 1.28 bits per heavy atom. The van der Waals surface area contributed by atoms with E-state index in [-0.39, 0.29) is 28.9 Å². The molecule has 4 rings (SSSR count). The molecule has 0 bridgehead atoms. The number of nitrogens with zero attached hydrogens (tertiary/aromatic N) is 2. The van der Waals surface area contributed by atoms with Gasteiger partial charge in [-0.1, -0.05) is 47.8 Å². The van der Waals surface area contributed by atoms with Crippen molar-refractivity contribution in [2.45, 2.75) is 51.4 Å². The van der Waals surface area contributed by atoms with Gasteiger partial charge in [-0.05, 0) is 44.6 Å². The normalized spacial score (nSPS) is 20.8. The van der Waals surface area contributed by atoms with Crippen molar-refractivity contribution in [3.63, 3.8) is 0 Å². The molecular weight excluding hydrogens is 366 g/mol. The minimum absolute atomic E-state index is 0.239. The largest absolute Gasteiger partial charge is 0.351 e. The van der Waals surface area contributed by atoms with Gasteiger partial charge in [0.1, 0.15) is 0 Å². The van der Waals surface area contributed by atoms with Crippen LogP contribution < -0.4 is 5.32 Å². The number of nitrogens with one attached hydrogen (secondary N) is 1. The Bertz CT molecular complexity index is 898. The van der Waals surface area contributed by atoms with E-state index in [9.17, 15) is 9.59 Å². The quantitative estimate of drug-likeness (QED) is 0.842. The third-order valence-corrected chi connectivity index (χ3v) is 6.52. The van der Waals surface area contributed by atoms with Gasteiger partial charge in [-0.3, -0.25) is 9.59 Å². The van der Waals surface area contributed by atoms with Crippen LogP contribution in [0.5, 0.6) is 0 Å². The zero-order chi connectivity index (χ0) is 20.4. The number of amides is 2. The fraction of sp³-hybridized carbons (Fsp3) is 0.522. The molecule has 6 nitrogen and oxygen atoms in total. The van der Waals surface area contributed by atoms with Gasteiger partial charge in [0.05, 0.1) is 11.6 Å². The maximum Gasteiger partial charge on any atom is 0.290 e. The lowest BCUT2D eigenvalue weighted by Crippen LogP contribution is -2.45. The molecular formula is C23H29N3O3. The van der Waals surface area contributed by atoms with Crippen molar-refractivity contribution < 1.29 is 14.1 Å². The summed E-state index contributed by atoms with van der Waals surface area (Å²) in [6.07, 6.45) is 6.51. The summed E-state index contributed by atoms with van der Waals surface area (Å²) in [5.41, 5.74) is 2.72. The van der Waals surface area contributed by atoms with Gasteiger partial charge in [0.15, 0.2) is 0 Å². The smallest absolute Gasteiger partial charge is 0.290 e. The number of aromatic nitrogens is 1. The second kappa shape index (κ2) is 8.01. The van der Waals surface area contributed by atoms with Gasteiger partial charge < -0.3 is 14.7 Å². The van der Waals surface area contributed by atoms with Gasteiger partial charge in [-0.25, -0.2) is 0 Å². The zero-order valence-corrected chi connectivity index (χ0v) is 17.2. The van der Waals surface area contributed by atoms with Crippen molar-refractivity contribution in [2.24, 2.45) is 5.92 Å². The Balaban J connectivity index is 1.41. The topological polar surface area (TPSA) is 75.4 Å². The molecule has 2 heterocycles. The van der Waals surface area contributed by atoms with E-state index in [1.54, 1.807) is 6.92 Å². The van der Waals surface area contributed by atoms with Gasteiger partial charge in [-0.2, -0.15) is 0 Å². The first-order valence-electron chi connectivity index (χ1n) is 10.6. The Morgan fingerprint density at radius 3 is 2.76 bits per heavy atom. The summed E-state index contributed by atoms with van der Waals surface area (Å²) in [5.74, 6) is 0.555. The molecule has 1 aromatic carbocycles. The van der Waals surface area contributed by atoms with E-state index in [4.69, 9.17) is 4.52 Å². The van der Waals surface area contributed by atoms with E-state index in [0.717, 1.165) is 49.8 Å². The summed E-state index contributed by atoms with van der Waals surface area (Å²) in [6.45, 7) is 5.88. The molecule has 29 heavy (non-hydrogen) atoms. The average Bonchev–Trinajstić information content (AvgIpc) is 3.46. The van der Waals surface area contributed by atoms with Crippen LogP contribution in [0.4, 0.5) is 0 Å². The first kappa shape index (κ1) is 19.7. The molecule has 0 spiro atoms. The molecule has 154 valence electrons. The van der Waals surface area contributed by atoms with Crippen LogP contribution in [0.2, 0.25) is 0 Å². The van der Waals surface area contributed by atoms with E-state index in [1.165, 1.54) is 11.8 Å². The second-order valence-corrected chi connectivity index (χ2v) is 8.61. The van der Waals surface area contributed by atoms with Crippen LogP contribution in [-0.4, -0.2) is 41.5 Å². The molecule has 0 unspecified atom stereocenters. The lowest BCUT2D eigenvalue weighted by atomic mass is 9.77. The van der Waals surface area contributed by atoms with E-state index < -0.39 is 0 Å². The first-order chi connectivity index (χ1) is 14.0. The summed E-state index contributed by atoms with van der Waals surface area (Å²) in [4.78, 5) is 27.9. The fourth-order valence-electron chi connectivity index (χ4n) is 4.86. The van der Waals surface area contributed by atoms with Gasteiger partial charge in [0, 0.05) is 25.2 Å². The highest BCUT2D eigenvalue weighted by Crippen LogP contribution is 2.43. The molecule has 6 heteroatoms. The van der Waals surface area contributed by atoms with Gasteiger partial charge >= 0.3 is 0 Å². The summed E-state index contributed by atoms with van der Waals surface area (Å²) in [7, 11) is 0.